The maximum atomic E-state index is 11.6. The number of nitrogens with one attached hydrogen (secondary N) is 2. The van der Waals surface area contributed by atoms with Gasteiger partial charge in [0.25, 0.3) is 5.91 Å². The first-order chi connectivity index (χ1) is 20.0. The smallest absolute Gasteiger partial charge is 0.256 e. The van der Waals surface area contributed by atoms with Crippen LogP contribution in [0, 0.1) is 0 Å². The average Bonchev–Trinajstić information content (AvgIpc) is 3.14. The molecule has 2 aromatic carbocycles. The third kappa shape index (κ3) is 10.5. The van der Waals surface area contributed by atoms with Gasteiger partial charge in [-0.15, -0.1) is 11.8 Å². The number of anilines is 2. The highest BCUT2D eigenvalue weighted by atomic mass is 32.2. The first-order valence-corrected chi connectivity index (χ1v) is 15.9. The highest BCUT2D eigenvalue weighted by Crippen LogP contribution is 2.40. The van der Waals surface area contributed by atoms with Crippen LogP contribution in [0.5, 0.6) is 0 Å². The van der Waals surface area contributed by atoms with Crippen molar-refractivity contribution in [3.05, 3.63) is 54.1 Å². The minimum atomic E-state index is -1.93. The average molecular weight is 606 g/mol. The molecule has 0 radical (unpaired) electrons. The van der Waals surface area contributed by atoms with E-state index in [1.54, 1.807) is 30.3 Å². The van der Waals surface area contributed by atoms with Crippen LogP contribution < -0.4 is 15.5 Å². The van der Waals surface area contributed by atoms with Crippen molar-refractivity contribution in [2.45, 2.75) is 100 Å². The number of carbonyl (C=O) groups is 1. The normalized spacial score (nSPS) is 18.8. The van der Waals surface area contributed by atoms with Crippen LogP contribution in [0.3, 0.4) is 0 Å². The van der Waals surface area contributed by atoms with Crippen molar-refractivity contribution in [3.63, 3.8) is 0 Å². The number of para-hydroxylation sites is 1. The lowest BCUT2D eigenvalue weighted by atomic mass is 9.87. The fourth-order valence-corrected chi connectivity index (χ4v) is 6.31. The predicted molar refractivity (Wildman–Crippen MR) is 171 cm³/mol. The van der Waals surface area contributed by atoms with Gasteiger partial charge in [-0.05, 0) is 55.7 Å². The van der Waals surface area contributed by atoms with Crippen LogP contribution in [0.2, 0.25) is 0 Å². The number of unbranched alkanes of at least 4 members (excludes halogenated alkanes) is 2. The lowest BCUT2D eigenvalue weighted by Crippen LogP contribution is -2.50. The van der Waals surface area contributed by atoms with E-state index in [0.29, 0.717) is 17.3 Å². The van der Waals surface area contributed by atoms with Crippen molar-refractivity contribution in [2.24, 2.45) is 0 Å². The lowest BCUT2D eigenvalue weighted by Gasteiger charge is -2.36. The van der Waals surface area contributed by atoms with Crippen LogP contribution in [-0.4, -0.2) is 87.8 Å². The fraction of sp³-hybridized carbons (Fsp3) is 0.594. The molecule has 1 aliphatic heterocycles. The number of benzene rings is 2. The van der Waals surface area contributed by atoms with Gasteiger partial charge in [-0.2, -0.15) is 0 Å². The number of amides is 1. The van der Waals surface area contributed by atoms with Gasteiger partial charge < -0.3 is 41.1 Å². The standard InChI is InChI=1S/C20H34N2S.C12H17NO6/c1-6-8-12-20(13-9-7-2)15-23-19-11-10-17(22(4)5)14-18(19)16(3)21-20;14-6-8(15)9(16)10(17)11(18)12(19)13-7-4-2-1-3-5-7/h10-11,14,16,21H,6-9,12-13,15H2,1-5H3;1-5,8-11,14-18H,6H2,(H,13,19)/t16-;8?,9-,10+,11-/m11/s1. The first kappa shape index (κ1) is 36.0. The van der Waals surface area contributed by atoms with E-state index in [-0.39, 0.29) is 0 Å². The molecule has 236 valence electrons. The Morgan fingerprint density at radius 2 is 1.64 bits per heavy atom. The Hall–Kier alpha value is -2.18. The molecule has 0 aliphatic carbocycles. The minimum absolute atomic E-state index is 0.299. The van der Waals surface area contributed by atoms with Crippen molar-refractivity contribution < 1.29 is 30.3 Å². The molecule has 1 aliphatic rings. The summed E-state index contributed by atoms with van der Waals surface area (Å²) >= 11 is 2.06. The third-order valence-corrected chi connectivity index (χ3v) is 8.97. The molecule has 0 fully saturated rings. The third-order valence-electron chi connectivity index (χ3n) is 7.59. The van der Waals surface area contributed by atoms with Crippen LogP contribution in [0.15, 0.2) is 53.4 Å². The molecular formula is C32H51N3O6S. The number of hydrogen-bond donors (Lipinski definition) is 7. The summed E-state index contributed by atoms with van der Waals surface area (Å²) in [5.74, 6) is 0.272. The topological polar surface area (TPSA) is 146 Å². The van der Waals surface area contributed by atoms with E-state index in [9.17, 15) is 20.1 Å². The van der Waals surface area contributed by atoms with Gasteiger partial charge in [-0.1, -0.05) is 57.7 Å². The largest absolute Gasteiger partial charge is 0.394 e. The summed E-state index contributed by atoms with van der Waals surface area (Å²) in [4.78, 5) is 15.3. The van der Waals surface area contributed by atoms with Crippen molar-refractivity contribution in [2.75, 3.05) is 36.7 Å². The van der Waals surface area contributed by atoms with Crippen LogP contribution in [-0.2, 0) is 4.79 Å². The summed E-state index contributed by atoms with van der Waals surface area (Å²) in [5, 5.41) is 52.5. The van der Waals surface area contributed by atoms with E-state index in [4.69, 9.17) is 10.2 Å². The van der Waals surface area contributed by atoms with Gasteiger partial charge >= 0.3 is 0 Å². The highest BCUT2D eigenvalue weighted by molar-refractivity contribution is 7.99. The second kappa shape index (κ2) is 17.8. The molecule has 7 N–H and O–H groups in total. The molecule has 1 amide bonds. The molecule has 1 heterocycles. The maximum Gasteiger partial charge on any atom is 0.256 e. The number of fused-ring (bicyclic) bond motifs is 1. The van der Waals surface area contributed by atoms with E-state index in [2.05, 4.69) is 80.4 Å². The summed E-state index contributed by atoms with van der Waals surface area (Å²) in [6.45, 7) is 6.15. The second-order valence-electron chi connectivity index (χ2n) is 11.3. The molecule has 9 nitrogen and oxygen atoms in total. The van der Waals surface area contributed by atoms with Gasteiger partial charge in [0.2, 0.25) is 0 Å². The van der Waals surface area contributed by atoms with Crippen LogP contribution in [0.1, 0.15) is 70.9 Å². The molecule has 42 heavy (non-hydrogen) atoms. The number of nitrogens with zero attached hydrogens (tertiary/aromatic N) is 1. The number of thioether (sulfide) groups is 1. The van der Waals surface area contributed by atoms with E-state index < -0.39 is 36.9 Å². The van der Waals surface area contributed by atoms with Crippen LogP contribution in [0.4, 0.5) is 11.4 Å². The van der Waals surface area contributed by atoms with Gasteiger partial charge in [0.05, 0.1) is 6.61 Å². The quantitative estimate of drug-likeness (QED) is 0.182. The Labute approximate surface area is 255 Å². The summed E-state index contributed by atoms with van der Waals surface area (Å²) in [7, 11) is 4.24. The molecule has 0 saturated heterocycles. The molecule has 0 bridgehead atoms. The van der Waals surface area contributed by atoms with Crippen molar-refractivity contribution >= 4 is 29.0 Å². The fourth-order valence-electron chi connectivity index (χ4n) is 4.94. The summed E-state index contributed by atoms with van der Waals surface area (Å²) in [5.41, 5.74) is 3.48. The van der Waals surface area contributed by atoms with E-state index in [1.165, 1.54) is 60.4 Å². The Morgan fingerprint density at radius 3 is 2.19 bits per heavy atom. The zero-order chi connectivity index (χ0) is 31.3. The highest BCUT2D eigenvalue weighted by Gasteiger charge is 2.35. The Morgan fingerprint density at radius 1 is 1.02 bits per heavy atom. The number of aliphatic hydroxyl groups is 5. The number of carbonyl (C=O) groups excluding carboxylic acids is 1. The molecule has 1 unspecified atom stereocenters. The molecule has 0 spiro atoms. The predicted octanol–water partition coefficient (Wildman–Crippen LogP) is 3.69. The van der Waals surface area contributed by atoms with Gasteiger partial charge in [0.15, 0.2) is 6.10 Å². The van der Waals surface area contributed by atoms with E-state index in [0.717, 1.165) is 0 Å². The van der Waals surface area contributed by atoms with Gasteiger partial charge in [-0.3, -0.25) is 4.79 Å². The molecular weight excluding hydrogens is 554 g/mol. The van der Waals surface area contributed by atoms with Crippen molar-refractivity contribution in [1.82, 2.24) is 5.32 Å². The van der Waals surface area contributed by atoms with Gasteiger partial charge in [0.1, 0.15) is 18.3 Å². The maximum absolute atomic E-state index is 11.6. The zero-order valence-electron chi connectivity index (χ0n) is 25.7. The molecule has 0 saturated carbocycles. The first-order valence-electron chi connectivity index (χ1n) is 14.9. The zero-order valence-corrected chi connectivity index (χ0v) is 26.5. The van der Waals surface area contributed by atoms with Crippen LogP contribution >= 0.6 is 11.8 Å². The van der Waals surface area contributed by atoms with Crippen LogP contribution in [0.25, 0.3) is 0 Å². The molecule has 2 aromatic rings. The Bertz CT molecular complexity index is 1070. The van der Waals surface area contributed by atoms with Crippen molar-refractivity contribution in [3.8, 4) is 0 Å². The number of aliphatic hydroxyl groups excluding tert-OH is 5. The monoisotopic (exact) mass is 605 g/mol. The lowest BCUT2D eigenvalue weighted by molar-refractivity contribution is -0.144. The van der Waals surface area contributed by atoms with Gasteiger partial charge in [-0.25, -0.2) is 0 Å². The Balaban J connectivity index is 0.000000299. The summed E-state index contributed by atoms with van der Waals surface area (Å²) in [6, 6.07) is 15.6. The minimum Gasteiger partial charge on any atom is -0.394 e. The molecule has 10 heteroatoms. The SMILES string of the molecule is CCCCC1(CCCC)CSc2ccc(N(C)C)cc2[C@@H](C)N1.O=C(Nc1ccccc1)[C@H](O)[C@@H](O)[C@H](O)C(O)CO. The molecule has 3 rings (SSSR count). The van der Waals surface area contributed by atoms with Crippen molar-refractivity contribution in [1.29, 1.82) is 0 Å². The van der Waals surface area contributed by atoms with E-state index in [1.807, 2.05) is 0 Å². The van der Waals surface area contributed by atoms with Gasteiger partial charge in [0, 0.05) is 47.7 Å². The number of rotatable bonds is 13. The van der Waals surface area contributed by atoms with E-state index >= 15 is 0 Å². The second-order valence-corrected chi connectivity index (χ2v) is 12.3. The summed E-state index contributed by atoms with van der Waals surface area (Å²) < 4.78 is 0. The summed E-state index contributed by atoms with van der Waals surface area (Å²) in [6.07, 6.45) is 0.494. The number of hydrogen-bond acceptors (Lipinski definition) is 9. The molecule has 0 aromatic heterocycles. The molecule has 5 atom stereocenters. The Kier molecular flexibility index (Phi) is 15.3.